The third kappa shape index (κ3) is 5.14. The molecule has 0 aliphatic carbocycles. The summed E-state index contributed by atoms with van der Waals surface area (Å²) in [5, 5.41) is 3.44. The highest BCUT2D eigenvalue weighted by Crippen LogP contribution is 2.15. The SMILES string of the molecule is CC(=O)NCCC=Cc1cc(Cl)nc(Cl)c1. The molecule has 0 aromatic carbocycles. The summed E-state index contributed by atoms with van der Waals surface area (Å²) in [5.41, 5.74) is 0.896. The van der Waals surface area contributed by atoms with Crippen LogP contribution < -0.4 is 5.32 Å². The van der Waals surface area contributed by atoms with Crippen LogP contribution in [0.1, 0.15) is 18.9 Å². The Morgan fingerprint density at radius 1 is 1.44 bits per heavy atom. The topological polar surface area (TPSA) is 42.0 Å². The van der Waals surface area contributed by atoms with Crippen LogP contribution >= 0.6 is 23.2 Å². The minimum Gasteiger partial charge on any atom is -0.356 e. The van der Waals surface area contributed by atoms with Gasteiger partial charge in [-0.25, -0.2) is 4.98 Å². The maximum Gasteiger partial charge on any atom is 0.216 e. The van der Waals surface area contributed by atoms with E-state index >= 15 is 0 Å². The highest BCUT2D eigenvalue weighted by atomic mass is 35.5. The van der Waals surface area contributed by atoms with Crippen molar-refractivity contribution in [3.63, 3.8) is 0 Å². The van der Waals surface area contributed by atoms with Gasteiger partial charge in [0.25, 0.3) is 0 Å². The van der Waals surface area contributed by atoms with E-state index < -0.39 is 0 Å². The summed E-state index contributed by atoms with van der Waals surface area (Å²) >= 11 is 11.5. The molecule has 1 N–H and O–H groups in total. The molecule has 0 bridgehead atoms. The molecule has 1 aromatic rings. The minimum absolute atomic E-state index is 0.0246. The van der Waals surface area contributed by atoms with Crippen molar-refractivity contribution in [1.29, 1.82) is 0 Å². The quantitative estimate of drug-likeness (QED) is 0.667. The Bertz CT molecular complexity index is 385. The summed E-state index contributed by atoms with van der Waals surface area (Å²) in [6, 6.07) is 3.45. The molecule has 1 heterocycles. The van der Waals surface area contributed by atoms with Crippen LogP contribution in [0.15, 0.2) is 18.2 Å². The van der Waals surface area contributed by atoms with Crippen molar-refractivity contribution in [3.05, 3.63) is 34.1 Å². The normalized spacial score (nSPS) is 10.7. The third-order valence-electron chi connectivity index (χ3n) is 1.78. The number of carbonyl (C=O) groups excluding carboxylic acids is 1. The Morgan fingerprint density at radius 3 is 2.62 bits per heavy atom. The van der Waals surface area contributed by atoms with Gasteiger partial charge in [0.15, 0.2) is 0 Å². The standard InChI is InChI=1S/C11H12Cl2N2O/c1-8(16)14-5-3-2-4-9-6-10(12)15-11(13)7-9/h2,4,6-7H,3,5H2,1H3,(H,14,16). The Morgan fingerprint density at radius 2 is 2.06 bits per heavy atom. The summed E-state index contributed by atoms with van der Waals surface area (Å²) in [5.74, 6) is -0.0246. The van der Waals surface area contributed by atoms with Crippen molar-refractivity contribution in [1.82, 2.24) is 10.3 Å². The molecule has 0 saturated heterocycles. The zero-order valence-electron chi connectivity index (χ0n) is 8.84. The lowest BCUT2D eigenvalue weighted by Crippen LogP contribution is -2.20. The molecule has 5 heteroatoms. The van der Waals surface area contributed by atoms with Crippen molar-refractivity contribution in [2.24, 2.45) is 0 Å². The Labute approximate surface area is 104 Å². The summed E-state index contributed by atoms with van der Waals surface area (Å²) in [7, 11) is 0. The van der Waals surface area contributed by atoms with E-state index in [4.69, 9.17) is 23.2 Å². The van der Waals surface area contributed by atoms with E-state index in [1.165, 1.54) is 6.92 Å². The van der Waals surface area contributed by atoms with Crippen LogP contribution in [0, 0.1) is 0 Å². The minimum atomic E-state index is -0.0246. The number of nitrogens with one attached hydrogen (secondary N) is 1. The monoisotopic (exact) mass is 258 g/mol. The first kappa shape index (κ1) is 13.0. The smallest absolute Gasteiger partial charge is 0.216 e. The van der Waals surface area contributed by atoms with Crippen molar-refractivity contribution in [2.75, 3.05) is 6.54 Å². The molecule has 0 radical (unpaired) electrons. The highest BCUT2D eigenvalue weighted by Gasteiger charge is 1.95. The average Bonchev–Trinajstić information content (AvgIpc) is 2.15. The van der Waals surface area contributed by atoms with E-state index in [1.54, 1.807) is 12.1 Å². The Balaban J connectivity index is 2.46. The van der Waals surface area contributed by atoms with Crippen LogP contribution in [0.25, 0.3) is 6.08 Å². The van der Waals surface area contributed by atoms with Gasteiger partial charge >= 0.3 is 0 Å². The highest BCUT2D eigenvalue weighted by molar-refractivity contribution is 6.32. The molecule has 0 aliphatic heterocycles. The number of aromatic nitrogens is 1. The van der Waals surface area contributed by atoms with Crippen molar-refractivity contribution in [2.45, 2.75) is 13.3 Å². The molecule has 3 nitrogen and oxygen atoms in total. The Kier molecular flexibility index (Phi) is 5.29. The summed E-state index contributed by atoms with van der Waals surface area (Å²) < 4.78 is 0. The van der Waals surface area contributed by atoms with Gasteiger partial charge in [-0.3, -0.25) is 4.79 Å². The molecule has 1 amide bonds. The van der Waals surface area contributed by atoms with E-state index in [-0.39, 0.29) is 5.91 Å². The van der Waals surface area contributed by atoms with Gasteiger partial charge in [-0.15, -0.1) is 0 Å². The molecule has 0 spiro atoms. The van der Waals surface area contributed by atoms with E-state index in [2.05, 4.69) is 10.3 Å². The van der Waals surface area contributed by atoms with Gasteiger partial charge in [-0.1, -0.05) is 35.4 Å². The van der Waals surface area contributed by atoms with Gasteiger partial charge in [0, 0.05) is 13.5 Å². The van der Waals surface area contributed by atoms with Crippen LogP contribution in [0.4, 0.5) is 0 Å². The number of carbonyl (C=O) groups is 1. The largest absolute Gasteiger partial charge is 0.356 e. The summed E-state index contributed by atoms with van der Waals surface area (Å²) in [4.78, 5) is 14.4. The number of nitrogens with zero attached hydrogens (tertiary/aromatic N) is 1. The van der Waals surface area contributed by atoms with Crippen LogP contribution in [0.2, 0.25) is 10.3 Å². The maximum absolute atomic E-state index is 10.6. The van der Waals surface area contributed by atoms with E-state index in [0.29, 0.717) is 16.9 Å². The van der Waals surface area contributed by atoms with Crippen molar-refractivity contribution in [3.8, 4) is 0 Å². The fourth-order valence-corrected chi connectivity index (χ4v) is 1.61. The van der Waals surface area contributed by atoms with Crippen molar-refractivity contribution >= 4 is 35.2 Å². The van der Waals surface area contributed by atoms with Gasteiger partial charge in [0.05, 0.1) is 0 Å². The predicted molar refractivity (Wildman–Crippen MR) is 66.6 cm³/mol. The molecule has 16 heavy (non-hydrogen) atoms. The second kappa shape index (κ2) is 6.51. The van der Waals surface area contributed by atoms with Gasteiger partial charge in [0.1, 0.15) is 10.3 Å². The first-order valence-corrected chi connectivity index (χ1v) is 5.57. The zero-order valence-corrected chi connectivity index (χ0v) is 10.3. The van der Waals surface area contributed by atoms with Crippen LogP contribution in [-0.4, -0.2) is 17.4 Å². The molecule has 0 atom stereocenters. The third-order valence-corrected chi connectivity index (χ3v) is 2.17. The first-order valence-electron chi connectivity index (χ1n) is 4.82. The lowest BCUT2D eigenvalue weighted by Gasteiger charge is -1.98. The van der Waals surface area contributed by atoms with Crippen LogP contribution in [0.5, 0.6) is 0 Å². The molecular formula is C11H12Cl2N2O. The number of hydrogen-bond donors (Lipinski definition) is 1. The fourth-order valence-electron chi connectivity index (χ4n) is 1.13. The number of amides is 1. The number of halogens is 2. The average molecular weight is 259 g/mol. The van der Waals surface area contributed by atoms with Gasteiger partial charge < -0.3 is 5.32 Å². The molecule has 0 unspecified atom stereocenters. The van der Waals surface area contributed by atoms with Crippen LogP contribution in [0.3, 0.4) is 0 Å². The van der Waals surface area contributed by atoms with Gasteiger partial charge in [0.2, 0.25) is 5.91 Å². The van der Waals surface area contributed by atoms with E-state index in [1.807, 2.05) is 12.2 Å². The molecule has 0 fully saturated rings. The molecule has 0 aliphatic rings. The van der Waals surface area contributed by atoms with E-state index in [0.717, 1.165) is 12.0 Å². The number of rotatable bonds is 4. The molecular weight excluding hydrogens is 247 g/mol. The molecule has 86 valence electrons. The Hall–Kier alpha value is -1.06. The van der Waals surface area contributed by atoms with E-state index in [9.17, 15) is 4.79 Å². The van der Waals surface area contributed by atoms with Gasteiger partial charge in [-0.05, 0) is 24.1 Å². The van der Waals surface area contributed by atoms with Gasteiger partial charge in [-0.2, -0.15) is 0 Å². The number of pyridine rings is 1. The molecule has 1 rings (SSSR count). The summed E-state index contributed by atoms with van der Waals surface area (Å²) in [6.07, 6.45) is 4.59. The summed E-state index contributed by atoms with van der Waals surface area (Å²) in [6.45, 7) is 2.12. The lowest BCUT2D eigenvalue weighted by molar-refractivity contribution is -0.118. The first-order chi connectivity index (χ1) is 7.58. The second-order valence-electron chi connectivity index (χ2n) is 3.22. The number of hydrogen-bond acceptors (Lipinski definition) is 2. The van der Waals surface area contributed by atoms with Crippen molar-refractivity contribution < 1.29 is 4.79 Å². The molecule has 0 saturated carbocycles. The lowest BCUT2D eigenvalue weighted by atomic mass is 10.2. The predicted octanol–water partition coefficient (Wildman–Crippen LogP) is 2.93. The maximum atomic E-state index is 10.6. The zero-order chi connectivity index (χ0) is 12.0. The van der Waals surface area contributed by atoms with Crippen LogP contribution in [-0.2, 0) is 4.79 Å². The fraction of sp³-hybridized carbons (Fsp3) is 0.273. The second-order valence-corrected chi connectivity index (χ2v) is 3.99. The molecule has 1 aromatic heterocycles.